The van der Waals surface area contributed by atoms with Gasteiger partial charge in [0.25, 0.3) is 11.8 Å². The zero-order valence-corrected chi connectivity index (χ0v) is 18.5. The SMILES string of the molecule is CC(C)c1ccc(NC(=O)[C@@H](C)[NH+]2CC[NH+](CC(=O)Nc3ccc(F)cc3)CC2)cc1. The highest BCUT2D eigenvalue weighted by atomic mass is 19.1. The molecule has 2 aromatic carbocycles. The summed E-state index contributed by atoms with van der Waals surface area (Å²) >= 11 is 0. The van der Waals surface area contributed by atoms with Gasteiger partial charge >= 0.3 is 0 Å². The fraction of sp³-hybridized carbons (Fsp3) is 0.417. The lowest BCUT2D eigenvalue weighted by molar-refractivity contribution is -1.01. The van der Waals surface area contributed by atoms with E-state index in [4.69, 9.17) is 0 Å². The van der Waals surface area contributed by atoms with Crippen LogP contribution in [-0.4, -0.2) is 50.6 Å². The van der Waals surface area contributed by atoms with Gasteiger partial charge in [0.2, 0.25) is 0 Å². The Kier molecular flexibility index (Phi) is 7.76. The van der Waals surface area contributed by atoms with Crippen molar-refractivity contribution in [2.75, 3.05) is 43.4 Å². The van der Waals surface area contributed by atoms with Crippen molar-refractivity contribution in [3.8, 4) is 0 Å². The van der Waals surface area contributed by atoms with Crippen molar-refractivity contribution >= 4 is 23.2 Å². The van der Waals surface area contributed by atoms with Gasteiger partial charge in [-0.1, -0.05) is 26.0 Å². The van der Waals surface area contributed by atoms with Crippen molar-refractivity contribution in [3.05, 3.63) is 59.9 Å². The number of halogens is 1. The Labute approximate surface area is 183 Å². The summed E-state index contributed by atoms with van der Waals surface area (Å²) in [5.41, 5.74) is 2.67. The number of hydrogen-bond donors (Lipinski definition) is 4. The fourth-order valence-electron chi connectivity index (χ4n) is 3.89. The summed E-state index contributed by atoms with van der Waals surface area (Å²) in [6.07, 6.45) is 0. The maximum Gasteiger partial charge on any atom is 0.282 e. The lowest BCUT2D eigenvalue weighted by atomic mass is 10.0. The predicted molar refractivity (Wildman–Crippen MR) is 120 cm³/mol. The van der Waals surface area contributed by atoms with Crippen LogP contribution in [0.3, 0.4) is 0 Å². The number of carbonyl (C=O) groups excluding carboxylic acids is 2. The van der Waals surface area contributed by atoms with Crippen molar-refractivity contribution in [2.24, 2.45) is 0 Å². The van der Waals surface area contributed by atoms with Gasteiger partial charge in [-0.25, -0.2) is 4.39 Å². The summed E-state index contributed by atoms with van der Waals surface area (Å²) in [7, 11) is 0. The van der Waals surface area contributed by atoms with Crippen LogP contribution >= 0.6 is 0 Å². The number of rotatable bonds is 7. The fourth-order valence-corrected chi connectivity index (χ4v) is 3.89. The third-order valence-electron chi connectivity index (χ3n) is 5.99. The van der Waals surface area contributed by atoms with Crippen molar-refractivity contribution < 1.29 is 23.8 Å². The lowest BCUT2D eigenvalue weighted by Gasteiger charge is -2.32. The molecule has 0 spiro atoms. The van der Waals surface area contributed by atoms with Gasteiger partial charge in [0, 0.05) is 11.4 Å². The molecule has 0 radical (unpaired) electrons. The average Bonchev–Trinajstić information content (AvgIpc) is 2.75. The minimum atomic E-state index is -0.326. The first-order valence-corrected chi connectivity index (χ1v) is 11.0. The van der Waals surface area contributed by atoms with E-state index in [0.717, 1.165) is 31.9 Å². The quantitative estimate of drug-likeness (QED) is 0.525. The van der Waals surface area contributed by atoms with E-state index in [1.165, 1.54) is 27.5 Å². The molecule has 1 heterocycles. The number of hydrogen-bond acceptors (Lipinski definition) is 2. The van der Waals surface area contributed by atoms with E-state index in [1.54, 1.807) is 12.1 Å². The predicted octanol–water partition coefficient (Wildman–Crippen LogP) is 0.698. The number of carbonyl (C=O) groups is 2. The Morgan fingerprint density at radius 1 is 0.871 bits per heavy atom. The summed E-state index contributed by atoms with van der Waals surface area (Å²) < 4.78 is 13.0. The molecular weight excluding hydrogens is 395 g/mol. The highest BCUT2D eigenvalue weighted by Crippen LogP contribution is 2.17. The van der Waals surface area contributed by atoms with Gasteiger partial charge in [-0.2, -0.15) is 0 Å². The van der Waals surface area contributed by atoms with E-state index in [0.29, 0.717) is 18.2 Å². The zero-order valence-electron chi connectivity index (χ0n) is 18.5. The number of nitrogens with one attached hydrogen (secondary N) is 4. The highest BCUT2D eigenvalue weighted by Gasteiger charge is 2.31. The first-order valence-electron chi connectivity index (χ1n) is 11.0. The number of anilines is 2. The Morgan fingerprint density at radius 2 is 1.42 bits per heavy atom. The maximum absolute atomic E-state index is 13.0. The van der Waals surface area contributed by atoms with Gasteiger partial charge in [-0.05, 0) is 54.8 Å². The molecule has 0 saturated carbocycles. The number of amides is 2. The molecule has 31 heavy (non-hydrogen) atoms. The molecular formula is C24H33FN4O2+2. The smallest absolute Gasteiger partial charge is 0.282 e. The van der Waals surface area contributed by atoms with E-state index in [1.807, 2.05) is 19.1 Å². The van der Waals surface area contributed by atoms with Crippen molar-refractivity contribution in [1.82, 2.24) is 0 Å². The van der Waals surface area contributed by atoms with E-state index < -0.39 is 0 Å². The molecule has 166 valence electrons. The van der Waals surface area contributed by atoms with Gasteiger partial charge < -0.3 is 20.4 Å². The van der Waals surface area contributed by atoms with E-state index in [9.17, 15) is 14.0 Å². The molecule has 3 rings (SSSR count). The molecule has 1 atom stereocenters. The van der Waals surface area contributed by atoms with E-state index in [-0.39, 0.29) is 23.7 Å². The second-order valence-electron chi connectivity index (χ2n) is 8.63. The minimum absolute atomic E-state index is 0.0183. The molecule has 2 amide bonds. The van der Waals surface area contributed by atoms with Crippen LogP contribution in [0.25, 0.3) is 0 Å². The van der Waals surface area contributed by atoms with Crippen LogP contribution in [0.4, 0.5) is 15.8 Å². The van der Waals surface area contributed by atoms with Crippen LogP contribution < -0.4 is 20.4 Å². The van der Waals surface area contributed by atoms with Gasteiger partial charge in [0.1, 0.15) is 32.0 Å². The van der Waals surface area contributed by atoms with Crippen LogP contribution in [0.15, 0.2) is 48.5 Å². The highest BCUT2D eigenvalue weighted by molar-refractivity contribution is 5.93. The molecule has 6 nitrogen and oxygen atoms in total. The van der Waals surface area contributed by atoms with Crippen molar-refractivity contribution in [3.63, 3.8) is 0 Å². The second kappa shape index (κ2) is 10.5. The van der Waals surface area contributed by atoms with E-state index >= 15 is 0 Å². The summed E-state index contributed by atoms with van der Waals surface area (Å²) in [6, 6.07) is 13.6. The Hall–Kier alpha value is -2.77. The van der Waals surface area contributed by atoms with Gasteiger partial charge in [0.05, 0.1) is 0 Å². The molecule has 1 fully saturated rings. The Morgan fingerprint density at radius 3 is 2.00 bits per heavy atom. The summed E-state index contributed by atoms with van der Waals surface area (Å²) in [6.45, 7) is 9.94. The Bertz CT molecular complexity index is 875. The van der Waals surface area contributed by atoms with Crippen LogP contribution in [0.5, 0.6) is 0 Å². The lowest BCUT2D eigenvalue weighted by Crippen LogP contribution is -3.30. The second-order valence-corrected chi connectivity index (χ2v) is 8.63. The van der Waals surface area contributed by atoms with Crippen LogP contribution in [0, 0.1) is 5.82 Å². The zero-order chi connectivity index (χ0) is 22.4. The summed E-state index contributed by atoms with van der Waals surface area (Å²) in [5, 5.41) is 5.83. The van der Waals surface area contributed by atoms with Crippen LogP contribution in [-0.2, 0) is 9.59 Å². The van der Waals surface area contributed by atoms with Gasteiger partial charge in [-0.15, -0.1) is 0 Å². The molecule has 2 aromatic rings. The monoisotopic (exact) mass is 428 g/mol. The standard InChI is InChI=1S/C24H31FN4O2/c1-17(2)19-4-8-22(9-5-19)27-24(31)18(3)29-14-12-28(13-15-29)16-23(30)26-21-10-6-20(25)7-11-21/h4-11,17-18H,12-16H2,1-3H3,(H,26,30)(H,27,31)/p+2/t18-/m1/s1. The molecule has 1 aliphatic rings. The molecule has 1 aliphatic heterocycles. The molecule has 1 saturated heterocycles. The molecule has 7 heteroatoms. The molecule has 0 bridgehead atoms. The third-order valence-corrected chi connectivity index (χ3v) is 5.99. The maximum atomic E-state index is 13.0. The first-order chi connectivity index (χ1) is 14.8. The minimum Gasteiger partial charge on any atom is -0.321 e. The third kappa shape index (κ3) is 6.60. The van der Waals surface area contributed by atoms with Gasteiger partial charge in [-0.3, -0.25) is 9.59 Å². The van der Waals surface area contributed by atoms with Crippen LogP contribution in [0.2, 0.25) is 0 Å². The molecule has 0 aromatic heterocycles. The van der Waals surface area contributed by atoms with Crippen molar-refractivity contribution in [1.29, 1.82) is 0 Å². The number of quaternary nitrogens is 2. The van der Waals surface area contributed by atoms with Gasteiger partial charge in [0.15, 0.2) is 12.6 Å². The molecule has 0 unspecified atom stereocenters. The largest absolute Gasteiger partial charge is 0.321 e. The van der Waals surface area contributed by atoms with Crippen molar-refractivity contribution in [2.45, 2.75) is 32.7 Å². The summed E-state index contributed by atoms with van der Waals surface area (Å²) in [5.74, 6) is 0.0728. The summed E-state index contributed by atoms with van der Waals surface area (Å²) in [4.78, 5) is 27.4. The number of benzene rings is 2. The normalized spacial score (nSPS) is 19.6. The molecule has 0 aliphatic carbocycles. The Balaban J connectivity index is 1.43. The van der Waals surface area contributed by atoms with E-state index in [2.05, 4.69) is 36.6 Å². The first kappa shape index (κ1) is 22.9. The topological polar surface area (TPSA) is 67.1 Å². The molecule has 4 N–H and O–H groups in total. The average molecular weight is 429 g/mol. The number of piperazine rings is 1. The van der Waals surface area contributed by atoms with Crippen LogP contribution in [0.1, 0.15) is 32.3 Å².